The minimum absolute atomic E-state index is 0.126. The molecule has 138 valence electrons. The largest absolute Gasteiger partial charge is 0.494 e. The molecular formula is C17H19N3O5S. The summed E-state index contributed by atoms with van der Waals surface area (Å²) in [6, 6.07) is 12.3. The molecule has 0 bridgehead atoms. The summed E-state index contributed by atoms with van der Waals surface area (Å²) in [6.45, 7) is 2.37. The molecule has 0 fully saturated rings. The lowest BCUT2D eigenvalue weighted by atomic mass is 10.3. The summed E-state index contributed by atoms with van der Waals surface area (Å²) in [5.41, 5.74) is 0.547. The van der Waals surface area contributed by atoms with Crippen molar-refractivity contribution in [3.63, 3.8) is 0 Å². The van der Waals surface area contributed by atoms with Gasteiger partial charge in [0.2, 0.25) is 10.0 Å². The number of para-hydroxylation sites is 1. The summed E-state index contributed by atoms with van der Waals surface area (Å²) in [5, 5.41) is 4.45. The first kappa shape index (κ1) is 19.3. The highest BCUT2D eigenvalue weighted by Gasteiger charge is 2.26. The van der Waals surface area contributed by atoms with Gasteiger partial charge in [0.1, 0.15) is 5.75 Å². The molecule has 2 aromatic carbocycles. The average Bonchev–Trinajstić information content (AvgIpc) is 2.56. The van der Waals surface area contributed by atoms with Crippen molar-refractivity contribution >= 4 is 33.5 Å². The van der Waals surface area contributed by atoms with Crippen molar-refractivity contribution in [3.8, 4) is 5.75 Å². The van der Waals surface area contributed by atoms with Crippen molar-refractivity contribution < 1.29 is 22.7 Å². The number of hydrogen-bond acceptors (Lipinski definition) is 5. The summed E-state index contributed by atoms with van der Waals surface area (Å²) in [7, 11) is -3.92. The molecule has 0 aliphatic heterocycles. The van der Waals surface area contributed by atoms with E-state index in [2.05, 4.69) is 5.32 Å². The number of anilines is 2. The van der Waals surface area contributed by atoms with E-state index >= 15 is 0 Å². The van der Waals surface area contributed by atoms with E-state index in [1.165, 1.54) is 12.1 Å². The fourth-order valence-corrected chi connectivity index (χ4v) is 2.99. The quantitative estimate of drug-likeness (QED) is 0.834. The zero-order valence-electron chi connectivity index (χ0n) is 14.3. The van der Waals surface area contributed by atoms with Gasteiger partial charge in [-0.3, -0.25) is 5.32 Å². The third kappa shape index (κ3) is 5.21. The molecule has 26 heavy (non-hydrogen) atoms. The molecule has 0 aliphatic carbocycles. The number of rotatable bonds is 5. The Morgan fingerprint density at radius 1 is 1.04 bits per heavy atom. The highest BCUT2D eigenvalue weighted by atomic mass is 32.2. The van der Waals surface area contributed by atoms with Crippen LogP contribution in [0.4, 0.5) is 21.0 Å². The fourth-order valence-electron chi connectivity index (χ4n) is 2.13. The third-order valence-corrected chi connectivity index (χ3v) is 4.19. The van der Waals surface area contributed by atoms with E-state index in [-0.39, 0.29) is 5.69 Å². The molecule has 9 heteroatoms. The minimum atomic E-state index is -3.92. The number of amides is 4. The zero-order valence-corrected chi connectivity index (χ0v) is 15.1. The first-order valence-corrected chi connectivity index (χ1v) is 9.56. The van der Waals surface area contributed by atoms with E-state index in [1.54, 1.807) is 42.5 Å². The number of nitrogens with one attached hydrogen (secondary N) is 2. The van der Waals surface area contributed by atoms with Gasteiger partial charge in [-0.05, 0) is 43.3 Å². The minimum Gasteiger partial charge on any atom is -0.494 e. The Morgan fingerprint density at radius 2 is 1.65 bits per heavy atom. The lowest BCUT2D eigenvalue weighted by Gasteiger charge is -2.20. The van der Waals surface area contributed by atoms with E-state index < -0.39 is 22.1 Å². The molecule has 0 spiro atoms. The van der Waals surface area contributed by atoms with Crippen LogP contribution in [0, 0.1) is 0 Å². The number of urea groups is 2. The van der Waals surface area contributed by atoms with Crippen molar-refractivity contribution in [1.82, 2.24) is 5.32 Å². The Morgan fingerprint density at radius 3 is 2.19 bits per heavy atom. The molecule has 0 saturated carbocycles. The van der Waals surface area contributed by atoms with Gasteiger partial charge in [0.25, 0.3) is 0 Å². The van der Waals surface area contributed by atoms with Crippen LogP contribution in [0.25, 0.3) is 0 Å². The Kier molecular flexibility index (Phi) is 6.18. The van der Waals surface area contributed by atoms with E-state index in [0.717, 1.165) is 6.26 Å². The van der Waals surface area contributed by atoms with E-state index in [4.69, 9.17) is 4.74 Å². The summed E-state index contributed by atoms with van der Waals surface area (Å²) in [4.78, 5) is 24.3. The maximum atomic E-state index is 12.3. The zero-order chi connectivity index (χ0) is 19.2. The van der Waals surface area contributed by atoms with Gasteiger partial charge in [-0.15, -0.1) is 0 Å². The Labute approximate surface area is 151 Å². The SMILES string of the molecule is CCOc1ccc(NC(=O)NC(=O)N(c2ccccc2)S(C)(=O)=O)cc1. The van der Waals surface area contributed by atoms with Crippen LogP contribution in [0.2, 0.25) is 0 Å². The Bertz CT molecular complexity index is 867. The van der Waals surface area contributed by atoms with E-state index in [9.17, 15) is 18.0 Å². The summed E-state index contributed by atoms with van der Waals surface area (Å²) < 4.78 is 29.7. The predicted octanol–water partition coefficient (Wildman–Crippen LogP) is 2.79. The van der Waals surface area contributed by atoms with Gasteiger partial charge in [0.15, 0.2) is 0 Å². The van der Waals surface area contributed by atoms with E-state index in [0.29, 0.717) is 22.3 Å². The number of carbonyl (C=O) groups is 2. The van der Waals surface area contributed by atoms with Crippen molar-refractivity contribution in [2.24, 2.45) is 0 Å². The first-order valence-electron chi connectivity index (χ1n) is 7.71. The molecule has 4 amide bonds. The van der Waals surface area contributed by atoms with Crippen molar-refractivity contribution in [2.45, 2.75) is 6.92 Å². The second-order valence-electron chi connectivity index (χ2n) is 5.20. The van der Waals surface area contributed by atoms with Crippen LogP contribution in [0.5, 0.6) is 5.75 Å². The molecule has 0 saturated heterocycles. The monoisotopic (exact) mass is 377 g/mol. The molecule has 0 radical (unpaired) electrons. The molecule has 2 rings (SSSR count). The molecular weight excluding hydrogens is 358 g/mol. The molecule has 0 aromatic heterocycles. The Balaban J connectivity index is 2.07. The maximum Gasteiger partial charge on any atom is 0.343 e. The number of sulfonamides is 1. The van der Waals surface area contributed by atoms with Crippen molar-refractivity contribution in [1.29, 1.82) is 0 Å². The summed E-state index contributed by atoms with van der Waals surface area (Å²) in [5.74, 6) is 0.641. The lowest BCUT2D eigenvalue weighted by Crippen LogP contribution is -2.47. The molecule has 2 aromatic rings. The number of imide groups is 1. The van der Waals surface area contributed by atoms with E-state index in [1.807, 2.05) is 12.2 Å². The van der Waals surface area contributed by atoms with Gasteiger partial charge in [0, 0.05) is 5.69 Å². The van der Waals surface area contributed by atoms with Crippen LogP contribution in [0.3, 0.4) is 0 Å². The average molecular weight is 377 g/mol. The summed E-state index contributed by atoms with van der Waals surface area (Å²) in [6.07, 6.45) is 0.879. The van der Waals surface area contributed by atoms with Crippen molar-refractivity contribution in [2.75, 3.05) is 22.5 Å². The van der Waals surface area contributed by atoms with Gasteiger partial charge >= 0.3 is 12.1 Å². The molecule has 2 N–H and O–H groups in total. The first-order chi connectivity index (χ1) is 12.3. The van der Waals surface area contributed by atoms with Gasteiger partial charge in [0.05, 0.1) is 18.6 Å². The molecule has 0 heterocycles. The molecule has 8 nitrogen and oxygen atoms in total. The lowest BCUT2D eigenvalue weighted by molar-refractivity contribution is 0.238. The van der Waals surface area contributed by atoms with Gasteiger partial charge in [-0.25, -0.2) is 18.0 Å². The normalized spacial score (nSPS) is 10.7. The van der Waals surface area contributed by atoms with Crippen LogP contribution >= 0.6 is 0 Å². The highest BCUT2D eigenvalue weighted by Crippen LogP contribution is 2.18. The second kappa shape index (κ2) is 8.34. The fraction of sp³-hybridized carbons (Fsp3) is 0.176. The highest BCUT2D eigenvalue weighted by molar-refractivity contribution is 7.92. The maximum absolute atomic E-state index is 12.3. The molecule has 0 atom stereocenters. The number of nitrogens with zero attached hydrogens (tertiary/aromatic N) is 1. The second-order valence-corrected chi connectivity index (χ2v) is 7.04. The number of ether oxygens (including phenoxy) is 1. The van der Waals surface area contributed by atoms with Gasteiger partial charge in [-0.1, -0.05) is 18.2 Å². The van der Waals surface area contributed by atoms with Crippen LogP contribution in [0.15, 0.2) is 54.6 Å². The number of benzene rings is 2. The number of hydrogen-bond donors (Lipinski definition) is 2. The smallest absolute Gasteiger partial charge is 0.343 e. The van der Waals surface area contributed by atoms with Crippen LogP contribution < -0.4 is 19.7 Å². The molecule has 0 unspecified atom stereocenters. The third-order valence-electron chi connectivity index (χ3n) is 3.15. The standard InChI is InChI=1S/C17H19N3O5S/c1-3-25-15-11-9-13(10-12-15)18-16(21)19-17(22)20(26(2,23)24)14-7-5-4-6-8-14/h4-12H,3H2,1-2H3,(H2,18,19,21,22). The van der Waals surface area contributed by atoms with Crippen LogP contribution in [0.1, 0.15) is 6.92 Å². The predicted molar refractivity (Wildman–Crippen MR) is 98.9 cm³/mol. The van der Waals surface area contributed by atoms with Crippen molar-refractivity contribution in [3.05, 3.63) is 54.6 Å². The number of carbonyl (C=O) groups excluding carboxylic acids is 2. The summed E-state index contributed by atoms with van der Waals surface area (Å²) >= 11 is 0. The van der Waals surface area contributed by atoms with Gasteiger partial charge < -0.3 is 10.1 Å². The van der Waals surface area contributed by atoms with Crippen LogP contribution in [-0.2, 0) is 10.0 Å². The van der Waals surface area contributed by atoms with Gasteiger partial charge in [-0.2, -0.15) is 4.31 Å². The molecule has 0 aliphatic rings. The van der Waals surface area contributed by atoms with Crippen LogP contribution in [-0.4, -0.2) is 33.3 Å². The Hall–Kier alpha value is -3.07. The topological polar surface area (TPSA) is 105 Å².